The number of halogens is 2. The van der Waals surface area contributed by atoms with Gasteiger partial charge in [0.15, 0.2) is 5.78 Å². The fraction of sp³-hybridized carbons (Fsp3) is 0.333. The molecule has 0 N–H and O–H groups in total. The van der Waals surface area contributed by atoms with Crippen LogP contribution in [-0.4, -0.2) is 35.3 Å². The third-order valence-electron chi connectivity index (χ3n) is 6.01. The molecule has 0 aromatic heterocycles. The number of nitrogens with zero attached hydrogens (tertiary/aromatic N) is 1. The van der Waals surface area contributed by atoms with Crippen molar-refractivity contribution in [3.63, 3.8) is 0 Å². The molecule has 0 aliphatic carbocycles. The molecule has 6 heteroatoms. The van der Waals surface area contributed by atoms with E-state index in [1.54, 1.807) is 29.2 Å². The Balaban J connectivity index is 1.44. The lowest BCUT2D eigenvalue weighted by atomic mass is 9.81. The van der Waals surface area contributed by atoms with E-state index >= 15 is 0 Å². The first-order chi connectivity index (χ1) is 14.3. The highest BCUT2D eigenvalue weighted by molar-refractivity contribution is 6.32. The molecule has 2 heterocycles. The average molecular weight is 444 g/mol. The normalized spacial score (nSPS) is 17.9. The molecule has 0 radical (unpaired) electrons. The first-order valence-corrected chi connectivity index (χ1v) is 10.8. The van der Waals surface area contributed by atoms with Crippen LogP contribution in [-0.2, 0) is 4.79 Å². The van der Waals surface area contributed by atoms with Crippen LogP contribution in [0.5, 0.6) is 5.75 Å². The minimum atomic E-state index is -0.548. The zero-order valence-electron chi connectivity index (χ0n) is 17.0. The summed E-state index contributed by atoms with van der Waals surface area (Å²) in [5, 5.41) is 1.28. The van der Waals surface area contributed by atoms with Crippen LogP contribution in [0.4, 0.5) is 0 Å². The zero-order chi connectivity index (χ0) is 21.5. The third-order valence-corrected chi connectivity index (χ3v) is 6.84. The van der Waals surface area contributed by atoms with Gasteiger partial charge in [0.1, 0.15) is 11.4 Å². The van der Waals surface area contributed by atoms with Crippen molar-refractivity contribution in [2.45, 2.75) is 38.7 Å². The number of benzene rings is 2. The van der Waals surface area contributed by atoms with E-state index in [1.807, 2.05) is 32.0 Å². The fourth-order valence-corrected chi connectivity index (χ4v) is 4.54. The van der Waals surface area contributed by atoms with Crippen LogP contribution in [0.15, 0.2) is 36.4 Å². The van der Waals surface area contributed by atoms with Gasteiger partial charge in [0.05, 0.1) is 12.0 Å². The molecule has 2 aromatic rings. The van der Waals surface area contributed by atoms with E-state index in [1.165, 1.54) is 0 Å². The Morgan fingerprint density at radius 2 is 1.80 bits per heavy atom. The molecule has 2 aliphatic heterocycles. The quantitative estimate of drug-likeness (QED) is 0.563. The Morgan fingerprint density at radius 1 is 1.13 bits per heavy atom. The monoisotopic (exact) mass is 443 g/mol. The molecule has 4 nitrogen and oxygen atoms in total. The molecule has 1 amide bonds. The summed E-state index contributed by atoms with van der Waals surface area (Å²) in [6.45, 7) is 4.89. The second-order valence-corrected chi connectivity index (χ2v) is 8.92. The second kappa shape index (κ2) is 8.09. The van der Waals surface area contributed by atoms with E-state index in [0.717, 1.165) is 16.7 Å². The Kier molecular flexibility index (Phi) is 5.65. The number of fused-ring (bicyclic) bond motifs is 1. The number of hydrogen-bond donors (Lipinski definition) is 0. The van der Waals surface area contributed by atoms with Crippen LogP contribution in [0, 0.1) is 13.8 Å². The Labute approximate surface area is 186 Å². The summed E-state index contributed by atoms with van der Waals surface area (Å²) < 4.78 is 6.37. The van der Waals surface area contributed by atoms with E-state index < -0.39 is 5.60 Å². The number of rotatable bonds is 2. The summed E-state index contributed by atoms with van der Waals surface area (Å²) in [6, 6.07) is 9.18. The number of Topliss-reactive ketones (excluding diaryl/α,β-unsaturated/α-hetero) is 1. The maximum Gasteiger partial charge on any atom is 0.246 e. The molecule has 0 saturated carbocycles. The molecule has 1 spiro atoms. The number of likely N-dealkylation sites (tertiary alicyclic amines) is 1. The van der Waals surface area contributed by atoms with Crippen LogP contribution in [0.25, 0.3) is 6.08 Å². The number of carbonyl (C=O) groups excluding carboxylic acids is 2. The SMILES string of the molecule is Cc1cc2c(c(C)c1Cl)C(=O)CC1(CCN(C(=O)/C=C/c3ccc(Cl)cc3)CC1)O2. The summed E-state index contributed by atoms with van der Waals surface area (Å²) in [4.78, 5) is 27.3. The molecule has 2 aromatic carbocycles. The highest BCUT2D eigenvalue weighted by Crippen LogP contribution is 2.43. The van der Waals surface area contributed by atoms with Gasteiger partial charge in [0.25, 0.3) is 0 Å². The summed E-state index contributed by atoms with van der Waals surface area (Å²) in [5.74, 6) is 0.645. The number of amides is 1. The van der Waals surface area contributed by atoms with Gasteiger partial charge in [0.2, 0.25) is 5.91 Å². The van der Waals surface area contributed by atoms with Crippen molar-refractivity contribution in [2.24, 2.45) is 0 Å². The van der Waals surface area contributed by atoms with Crippen LogP contribution in [0.3, 0.4) is 0 Å². The van der Waals surface area contributed by atoms with Gasteiger partial charge in [-0.3, -0.25) is 9.59 Å². The molecule has 0 atom stereocenters. The van der Waals surface area contributed by atoms with Crippen molar-refractivity contribution in [1.82, 2.24) is 4.90 Å². The fourth-order valence-electron chi connectivity index (χ4n) is 4.26. The highest BCUT2D eigenvalue weighted by atomic mass is 35.5. The Morgan fingerprint density at radius 3 is 2.47 bits per heavy atom. The van der Waals surface area contributed by atoms with Crippen LogP contribution in [0.2, 0.25) is 10.0 Å². The van der Waals surface area contributed by atoms with Crippen molar-refractivity contribution in [1.29, 1.82) is 0 Å². The summed E-state index contributed by atoms with van der Waals surface area (Å²) in [6.07, 6.45) is 4.94. The molecule has 156 valence electrons. The van der Waals surface area contributed by atoms with E-state index in [-0.39, 0.29) is 11.7 Å². The largest absolute Gasteiger partial charge is 0.486 e. The van der Waals surface area contributed by atoms with Gasteiger partial charge >= 0.3 is 0 Å². The summed E-state index contributed by atoms with van der Waals surface area (Å²) in [5.41, 5.74) is 2.65. The van der Waals surface area contributed by atoms with Crippen molar-refractivity contribution in [2.75, 3.05) is 13.1 Å². The number of ketones is 1. The Bertz CT molecular complexity index is 1040. The van der Waals surface area contributed by atoms with Gasteiger partial charge in [-0.05, 0) is 54.8 Å². The maximum atomic E-state index is 12.9. The van der Waals surface area contributed by atoms with Gasteiger partial charge in [-0.25, -0.2) is 0 Å². The minimum absolute atomic E-state index is 0.0409. The molecular formula is C24H23Cl2NO3. The first kappa shape index (κ1) is 21.0. The van der Waals surface area contributed by atoms with Gasteiger partial charge in [-0.2, -0.15) is 0 Å². The van der Waals surface area contributed by atoms with Crippen molar-refractivity contribution < 1.29 is 14.3 Å². The van der Waals surface area contributed by atoms with Crippen molar-refractivity contribution in [3.05, 3.63) is 68.7 Å². The summed E-state index contributed by atoms with van der Waals surface area (Å²) >= 11 is 12.2. The van der Waals surface area contributed by atoms with Gasteiger partial charge < -0.3 is 9.64 Å². The lowest BCUT2D eigenvalue weighted by molar-refractivity contribution is -0.129. The number of ether oxygens (including phenoxy) is 1. The van der Waals surface area contributed by atoms with Crippen LogP contribution >= 0.6 is 23.2 Å². The number of hydrogen-bond acceptors (Lipinski definition) is 3. The zero-order valence-corrected chi connectivity index (χ0v) is 18.5. The summed E-state index contributed by atoms with van der Waals surface area (Å²) in [7, 11) is 0. The molecule has 1 fully saturated rings. The predicted octanol–water partition coefficient (Wildman–Crippen LogP) is 5.65. The third kappa shape index (κ3) is 3.99. The Hall–Kier alpha value is -2.30. The molecule has 4 rings (SSSR count). The lowest BCUT2D eigenvalue weighted by Crippen LogP contribution is -2.52. The molecule has 1 saturated heterocycles. The van der Waals surface area contributed by atoms with Crippen LogP contribution < -0.4 is 4.74 Å². The predicted molar refractivity (Wildman–Crippen MR) is 120 cm³/mol. The minimum Gasteiger partial charge on any atom is -0.486 e. The second-order valence-electron chi connectivity index (χ2n) is 8.10. The average Bonchev–Trinajstić information content (AvgIpc) is 2.71. The van der Waals surface area contributed by atoms with Crippen molar-refractivity contribution >= 4 is 41.0 Å². The molecular weight excluding hydrogens is 421 g/mol. The molecule has 30 heavy (non-hydrogen) atoms. The number of aryl methyl sites for hydroxylation is 1. The lowest BCUT2D eigenvalue weighted by Gasteiger charge is -2.44. The van der Waals surface area contributed by atoms with Gasteiger partial charge in [-0.1, -0.05) is 35.3 Å². The standard InChI is InChI=1S/C24H23Cl2NO3/c1-15-13-20-22(16(2)23(15)26)19(28)14-24(30-20)9-11-27(12-10-24)21(29)8-5-17-3-6-18(25)7-4-17/h3-8,13H,9-12,14H2,1-2H3/b8-5+. The smallest absolute Gasteiger partial charge is 0.246 e. The molecule has 0 bridgehead atoms. The molecule has 2 aliphatic rings. The van der Waals surface area contributed by atoms with Gasteiger partial charge in [-0.15, -0.1) is 0 Å². The highest BCUT2D eigenvalue weighted by Gasteiger charge is 2.44. The molecule has 0 unspecified atom stereocenters. The van der Waals surface area contributed by atoms with E-state index in [0.29, 0.717) is 53.7 Å². The van der Waals surface area contributed by atoms with Crippen molar-refractivity contribution in [3.8, 4) is 5.75 Å². The van der Waals surface area contributed by atoms with E-state index in [4.69, 9.17) is 27.9 Å². The van der Waals surface area contributed by atoms with E-state index in [2.05, 4.69) is 0 Å². The van der Waals surface area contributed by atoms with Gasteiger partial charge in [0, 0.05) is 42.1 Å². The topological polar surface area (TPSA) is 46.6 Å². The maximum absolute atomic E-state index is 12.9. The van der Waals surface area contributed by atoms with Crippen LogP contribution in [0.1, 0.15) is 46.3 Å². The number of carbonyl (C=O) groups is 2. The number of piperidine rings is 1. The van der Waals surface area contributed by atoms with E-state index in [9.17, 15) is 9.59 Å². The first-order valence-electron chi connectivity index (χ1n) is 10.0.